The summed E-state index contributed by atoms with van der Waals surface area (Å²) in [6.45, 7) is 1.75. The van der Waals surface area contributed by atoms with Crippen molar-refractivity contribution in [3.05, 3.63) is 64.5 Å². The smallest absolute Gasteiger partial charge is 0.343 e. The molecule has 6 nitrogen and oxygen atoms in total. The van der Waals surface area contributed by atoms with Crippen LogP contribution in [-0.2, 0) is 9.53 Å². The minimum atomic E-state index is -0.486. The second kappa shape index (κ2) is 8.46. The number of nitrogens with zero attached hydrogens (tertiary/aromatic N) is 1. The molecule has 138 valence electrons. The SMILES string of the molecule is COC(=O)COc1cccc(C(=O)Nc2ccc(-c3csc(C)n3)cc2)c1. The number of amides is 1. The third kappa shape index (κ3) is 4.92. The summed E-state index contributed by atoms with van der Waals surface area (Å²) < 4.78 is 9.83. The van der Waals surface area contributed by atoms with Gasteiger partial charge >= 0.3 is 5.97 Å². The summed E-state index contributed by atoms with van der Waals surface area (Å²) in [5, 5.41) is 5.85. The minimum Gasteiger partial charge on any atom is -0.482 e. The van der Waals surface area contributed by atoms with Gasteiger partial charge in [0.1, 0.15) is 5.75 Å². The fourth-order valence-electron chi connectivity index (χ4n) is 2.35. The van der Waals surface area contributed by atoms with Crippen LogP contribution in [0.4, 0.5) is 5.69 Å². The van der Waals surface area contributed by atoms with E-state index in [1.54, 1.807) is 35.6 Å². The highest BCUT2D eigenvalue weighted by Gasteiger charge is 2.09. The number of carbonyl (C=O) groups is 2. The first-order valence-corrected chi connectivity index (χ1v) is 9.07. The van der Waals surface area contributed by atoms with Crippen LogP contribution in [-0.4, -0.2) is 30.6 Å². The van der Waals surface area contributed by atoms with E-state index in [1.165, 1.54) is 7.11 Å². The summed E-state index contributed by atoms with van der Waals surface area (Å²) in [5.41, 5.74) is 3.02. The lowest BCUT2D eigenvalue weighted by Gasteiger charge is -2.08. The number of aromatic nitrogens is 1. The van der Waals surface area contributed by atoms with Gasteiger partial charge in [0.2, 0.25) is 0 Å². The maximum Gasteiger partial charge on any atom is 0.343 e. The van der Waals surface area contributed by atoms with Gasteiger partial charge in [-0.2, -0.15) is 0 Å². The molecule has 2 aromatic carbocycles. The van der Waals surface area contributed by atoms with E-state index in [1.807, 2.05) is 36.6 Å². The van der Waals surface area contributed by atoms with Crippen molar-refractivity contribution < 1.29 is 19.1 Å². The lowest BCUT2D eigenvalue weighted by atomic mass is 10.1. The molecule has 1 N–H and O–H groups in total. The van der Waals surface area contributed by atoms with Gasteiger partial charge in [-0.15, -0.1) is 11.3 Å². The number of aryl methyl sites for hydroxylation is 1. The normalized spacial score (nSPS) is 10.3. The molecule has 0 aliphatic heterocycles. The summed E-state index contributed by atoms with van der Waals surface area (Å²) in [4.78, 5) is 28.0. The standard InChI is InChI=1S/C20H18N2O4S/c1-13-21-18(12-27-13)14-6-8-16(9-7-14)22-20(24)15-4-3-5-17(10-15)26-11-19(23)25-2/h3-10,12H,11H2,1-2H3,(H,22,24). The lowest BCUT2D eigenvalue weighted by molar-refractivity contribution is -0.142. The third-order valence-corrected chi connectivity index (χ3v) is 4.51. The Morgan fingerprint density at radius 2 is 1.93 bits per heavy atom. The highest BCUT2D eigenvalue weighted by atomic mass is 32.1. The van der Waals surface area contributed by atoms with Crippen molar-refractivity contribution in [1.29, 1.82) is 0 Å². The Labute approximate surface area is 160 Å². The summed E-state index contributed by atoms with van der Waals surface area (Å²) in [6, 6.07) is 14.1. The number of ether oxygens (including phenoxy) is 2. The molecular formula is C20H18N2O4S. The van der Waals surface area contributed by atoms with Crippen LogP contribution < -0.4 is 10.1 Å². The minimum absolute atomic E-state index is 0.209. The molecule has 0 spiro atoms. The van der Waals surface area contributed by atoms with Gasteiger partial charge < -0.3 is 14.8 Å². The largest absolute Gasteiger partial charge is 0.482 e. The Kier molecular flexibility index (Phi) is 5.83. The molecule has 0 aliphatic rings. The molecule has 0 radical (unpaired) electrons. The van der Waals surface area contributed by atoms with Crippen LogP contribution in [0, 0.1) is 6.92 Å². The predicted molar refractivity (Wildman–Crippen MR) is 104 cm³/mol. The van der Waals surface area contributed by atoms with E-state index in [4.69, 9.17) is 4.74 Å². The van der Waals surface area contributed by atoms with Crippen LogP contribution >= 0.6 is 11.3 Å². The van der Waals surface area contributed by atoms with Gasteiger partial charge in [0, 0.05) is 22.2 Å². The van der Waals surface area contributed by atoms with Gasteiger partial charge in [0.15, 0.2) is 6.61 Å². The fourth-order valence-corrected chi connectivity index (χ4v) is 2.97. The summed E-state index contributed by atoms with van der Waals surface area (Å²) in [5.74, 6) is -0.335. The molecule has 0 saturated carbocycles. The first-order valence-electron chi connectivity index (χ1n) is 8.19. The molecule has 0 saturated heterocycles. The van der Waals surface area contributed by atoms with Crippen LogP contribution in [0.1, 0.15) is 15.4 Å². The van der Waals surface area contributed by atoms with Gasteiger partial charge in [0.05, 0.1) is 17.8 Å². The number of hydrogen-bond acceptors (Lipinski definition) is 6. The van der Waals surface area contributed by atoms with Gasteiger partial charge in [-0.1, -0.05) is 18.2 Å². The van der Waals surface area contributed by atoms with Crippen molar-refractivity contribution in [2.75, 3.05) is 19.0 Å². The number of thiazole rings is 1. The molecule has 0 aliphatic carbocycles. The number of carbonyl (C=O) groups excluding carboxylic acids is 2. The highest BCUT2D eigenvalue weighted by molar-refractivity contribution is 7.09. The van der Waals surface area contributed by atoms with Crippen molar-refractivity contribution in [1.82, 2.24) is 4.98 Å². The molecule has 0 unspecified atom stereocenters. The number of hydrogen-bond donors (Lipinski definition) is 1. The average Bonchev–Trinajstić information content (AvgIpc) is 3.13. The molecule has 0 fully saturated rings. The molecule has 7 heteroatoms. The highest BCUT2D eigenvalue weighted by Crippen LogP contribution is 2.23. The third-order valence-electron chi connectivity index (χ3n) is 3.74. The molecule has 1 aromatic heterocycles. The Balaban J connectivity index is 1.65. The van der Waals surface area contributed by atoms with Crippen molar-refractivity contribution in [2.45, 2.75) is 6.92 Å². The second-order valence-corrected chi connectivity index (χ2v) is 6.74. The number of rotatable bonds is 6. The molecule has 1 amide bonds. The molecule has 0 bridgehead atoms. The quantitative estimate of drug-likeness (QED) is 0.654. The summed E-state index contributed by atoms with van der Waals surface area (Å²) >= 11 is 1.60. The van der Waals surface area contributed by atoms with E-state index in [2.05, 4.69) is 15.0 Å². The Morgan fingerprint density at radius 3 is 2.59 bits per heavy atom. The van der Waals surface area contributed by atoms with Crippen LogP contribution in [0.25, 0.3) is 11.3 Å². The molecule has 1 heterocycles. The molecular weight excluding hydrogens is 364 g/mol. The van der Waals surface area contributed by atoms with E-state index in [9.17, 15) is 9.59 Å². The van der Waals surface area contributed by atoms with Crippen molar-refractivity contribution in [2.24, 2.45) is 0 Å². The fraction of sp³-hybridized carbons (Fsp3) is 0.150. The van der Waals surface area contributed by atoms with Gasteiger partial charge in [-0.3, -0.25) is 4.79 Å². The maximum atomic E-state index is 12.4. The van der Waals surface area contributed by atoms with E-state index in [-0.39, 0.29) is 12.5 Å². The summed E-state index contributed by atoms with van der Waals surface area (Å²) in [7, 11) is 1.29. The van der Waals surface area contributed by atoms with Gasteiger partial charge in [-0.05, 0) is 37.3 Å². The van der Waals surface area contributed by atoms with Crippen LogP contribution in [0.3, 0.4) is 0 Å². The zero-order valence-electron chi connectivity index (χ0n) is 14.9. The zero-order chi connectivity index (χ0) is 19.2. The van der Waals surface area contributed by atoms with Crippen molar-refractivity contribution in [3.8, 4) is 17.0 Å². The topological polar surface area (TPSA) is 77.5 Å². The van der Waals surface area contributed by atoms with Crippen LogP contribution in [0.5, 0.6) is 5.75 Å². The zero-order valence-corrected chi connectivity index (χ0v) is 15.7. The van der Waals surface area contributed by atoms with Crippen LogP contribution in [0.15, 0.2) is 53.9 Å². The van der Waals surface area contributed by atoms with Crippen molar-refractivity contribution in [3.63, 3.8) is 0 Å². The molecule has 3 rings (SSSR count). The molecule has 3 aromatic rings. The molecule has 27 heavy (non-hydrogen) atoms. The number of methoxy groups -OCH3 is 1. The van der Waals surface area contributed by atoms with E-state index in [0.717, 1.165) is 16.3 Å². The number of esters is 1. The Hall–Kier alpha value is -3.19. The second-order valence-electron chi connectivity index (χ2n) is 5.68. The predicted octanol–water partition coefficient (Wildman–Crippen LogP) is 3.92. The van der Waals surface area contributed by atoms with Gasteiger partial charge in [-0.25, -0.2) is 9.78 Å². The van der Waals surface area contributed by atoms with Crippen LogP contribution in [0.2, 0.25) is 0 Å². The first kappa shape index (κ1) is 18.6. The van der Waals surface area contributed by atoms with Crippen molar-refractivity contribution >= 4 is 28.9 Å². The lowest BCUT2D eigenvalue weighted by Crippen LogP contribution is -2.14. The van der Waals surface area contributed by atoms with E-state index in [0.29, 0.717) is 17.0 Å². The van der Waals surface area contributed by atoms with E-state index < -0.39 is 5.97 Å². The Morgan fingerprint density at radius 1 is 1.15 bits per heavy atom. The average molecular weight is 382 g/mol. The number of nitrogens with one attached hydrogen (secondary N) is 1. The first-order chi connectivity index (χ1) is 13.0. The van der Waals surface area contributed by atoms with Gasteiger partial charge in [0.25, 0.3) is 5.91 Å². The monoisotopic (exact) mass is 382 g/mol. The van der Waals surface area contributed by atoms with E-state index >= 15 is 0 Å². The number of anilines is 1. The summed E-state index contributed by atoms with van der Waals surface area (Å²) in [6.07, 6.45) is 0. The number of benzene rings is 2. The molecule has 0 atom stereocenters. The Bertz CT molecular complexity index is 951. The maximum absolute atomic E-state index is 12.4.